The molecule has 20 heavy (non-hydrogen) atoms. The zero-order valence-electron chi connectivity index (χ0n) is 11.4. The molecule has 0 radical (unpaired) electrons. The van der Waals surface area contributed by atoms with Crippen molar-refractivity contribution in [2.24, 2.45) is 5.14 Å². The number of methoxy groups -OCH3 is 1. The largest absolute Gasteiger partial charge is 0.489 e. The monoisotopic (exact) mass is 309 g/mol. The van der Waals surface area contributed by atoms with E-state index in [1.165, 1.54) is 7.11 Å². The van der Waals surface area contributed by atoms with Gasteiger partial charge in [0.25, 0.3) is 0 Å². The predicted molar refractivity (Wildman–Crippen MR) is 68.9 cm³/mol. The molecule has 1 aromatic rings. The van der Waals surface area contributed by atoms with Crippen molar-refractivity contribution in [1.82, 2.24) is 0 Å². The molecule has 0 saturated carbocycles. The van der Waals surface area contributed by atoms with E-state index in [0.717, 1.165) is 0 Å². The standard InChI is InChI=1S/C12H17F2NO4S/c1-12(2,18-3)4-5-19-11-9(14)6-8(13)7-10(11)20(15,16)17/h6-7H,4-5H2,1-3H3,(H2,15,16,17). The van der Waals surface area contributed by atoms with Gasteiger partial charge in [-0.1, -0.05) is 0 Å². The highest BCUT2D eigenvalue weighted by Gasteiger charge is 2.23. The molecule has 0 saturated heterocycles. The predicted octanol–water partition coefficient (Wildman–Crippen LogP) is 1.81. The molecule has 0 unspecified atom stereocenters. The number of benzene rings is 1. The molecule has 114 valence electrons. The minimum absolute atomic E-state index is 0.00802. The Bertz CT molecular complexity index is 587. The van der Waals surface area contributed by atoms with Crippen LogP contribution in [0.1, 0.15) is 20.3 Å². The summed E-state index contributed by atoms with van der Waals surface area (Å²) in [6, 6.07) is 1.15. The fourth-order valence-electron chi connectivity index (χ4n) is 1.39. The number of sulfonamides is 1. The molecular formula is C12H17F2NO4S. The minimum atomic E-state index is -4.29. The van der Waals surface area contributed by atoms with Crippen LogP contribution in [0.4, 0.5) is 8.78 Å². The van der Waals surface area contributed by atoms with Crippen LogP contribution in [-0.2, 0) is 14.8 Å². The number of hydrogen-bond donors (Lipinski definition) is 1. The smallest absolute Gasteiger partial charge is 0.241 e. The number of halogens is 2. The van der Waals surface area contributed by atoms with E-state index in [1.54, 1.807) is 13.8 Å². The molecule has 0 amide bonds. The van der Waals surface area contributed by atoms with Gasteiger partial charge in [-0.15, -0.1) is 0 Å². The van der Waals surface area contributed by atoms with Crippen molar-refractivity contribution >= 4 is 10.0 Å². The lowest BCUT2D eigenvalue weighted by Crippen LogP contribution is -2.25. The molecule has 0 heterocycles. The first-order chi connectivity index (χ1) is 9.07. The maximum Gasteiger partial charge on any atom is 0.241 e. The molecule has 0 aromatic heterocycles. The Morgan fingerprint density at radius 2 is 1.90 bits per heavy atom. The maximum atomic E-state index is 13.6. The summed E-state index contributed by atoms with van der Waals surface area (Å²) < 4.78 is 59.6. The first kappa shape index (κ1) is 16.8. The van der Waals surface area contributed by atoms with Crippen molar-refractivity contribution in [3.8, 4) is 5.75 Å². The van der Waals surface area contributed by atoms with Crippen molar-refractivity contribution < 1.29 is 26.7 Å². The van der Waals surface area contributed by atoms with Crippen molar-refractivity contribution in [3.05, 3.63) is 23.8 Å². The highest BCUT2D eigenvalue weighted by Crippen LogP contribution is 2.28. The summed E-state index contributed by atoms with van der Waals surface area (Å²) in [5, 5.41) is 4.91. The van der Waals surface area contributed by atoms with E-state index in [-0.39, 0.29) is 6.61 Å². The summed E-state index contributed by atoms with van der Waals surface area (Å²) >= 11 is 0. The molecule has 0 fully saturated rings. The lowest BCUT2D eigenvalue weighted by Gasteiger charge is -2.23. The Morgan fingerprint density at radius 1 is 1.30 bits per heavy atom. The Labute approximate surface area is 116 Å². The van der Waals surface area contributed by atoms with Gasteiger partial charge in [-0.25, -0.2) is 22.3 Å². The first-order valence-corrected chi connectivity index (χ1v) is 7.31. The number of primary sulfonamides is 1. The van der Waals surface area contributed by atoms with Gasteiger partial charge < -0.3 is 9.47 Å². The van der Waals surface area contributed by atoms with E-state index in [4.69, 9.17) is 14.6 Å². The lowest BCUT2D eigenvalue weighted by atomic mass is 10.1. The molecule has 0 atom stereocenters. The van der Waals surface area contributed by atoms with Crippen LogP contribution >= 0.6 is 0 Å². The second-order valence-corrected chi connectivity index (χ2v) is 6.35. The zero-order valence-corrected chi connectivity index (χ0v) is 12.3. The van der Waals surface area contributed by atoms with E-state index in [1.807, 2.05) is 0 Å². The Hall–Kier alpha value is -1.25. The van der Waals surface area contributed by atoms with Crippen LogP contribution in [0.25, 0.3) is 0 Å². The second-order valence-electron chi connectivity index (χ2n) is 4.82. The molecular weight excluding hydrogens is 292 g/mol. The zero-order chi connectivity index (χ0) is 15.6. The van der Waals surface area contributed by atoms with E-state index in [9.17, 15) is 17.2 Å². The van der Waals surface area contributed by atoms with Crippen molar-refractivity contribution in [1.29, 1.82) is 0 Å². The Balaban J connectivity index is 3.01. The fourth-order valence-corrected chi connectivity index (χ4v) is 2.08. The SMILES string of the molecule is COC(C)(C)CCOc1c(F)cc(F)cc1S(N)(=O)=O. The number of rotatable bonds is 6. The van der Waals surface area contributed by atoms with Crippen LogP contribution in [0.3, 0.4) is 0 Å². The summed E-state index contributed by atoms with van der Waals surface area (Å²) in [4.78, 5) is -0.717. The van der Waals surface area contributed by atoms with Gasteiger partial charge in [-0.3, -0.25) is 0 Å². The van der Waals surface area contributed by atoms with E-state index in [2.05, 4.69) is 0 Å². The molecule has 5 nitrogen and oxygen atoms in total. The van der Waals surface area contributed by atoms with E-state index >= 15 is 0 Å². The summed E-state index contributed by atoms with van der Waals surface area (Å²) in [6.07, 6.45) is 0.379. The first-order valence-electron chi connectivity index (χ1n) is 5.76. The molecule has 0 aliphatic rings. The van der Waals surface area contributed by atoms with Crippen LogP contribution in [0.5, 0.6) is 5.75 Å². The second kappa shape index (κ2) is 6.02. The molecule has 2 N–H and O–H groups in total. The van der Waals surface area contributed by atoms with E-state index < -0.39 is 37.9 Å². The third-order valence-electron chi connectivity index (χ3n) is 2.78. The van der Waals surface area contributed by atoms with E-state index in [0.29, 0.717) is 18.6 Å². The van der Waals surface area contributed by atoms with Gasteiger partial charge in [-0.05, 0) is 19.9 Å². The number of ether oxygens (including phenoxy) is 2. The van der Waals surface area contributed by atoms with Crippen molar-refractivity contribution in [2.45, 2.75) is 30.8 Å². The maximum absolute atomic E-state index is 13.6. The summed E-state index contributed by atoms with van der Waals surface area (Å²) in [6.45, 7) is 3.57. The average Bonchev–Trinajstić information content (AvgIpc) is 2.30. The van der Waals surface area contributed by atoms with Crippen molar-refractivity contribution in [2.75, 3.05) is 13.7 Å². The van der Waals surface area contributed by atoms with Crippen LogP contribution in [-0.4, -0.2) is 27.7 Å². The van der Waals surface area contributed by atoms with Gasteiger partial charge in [-0.2, -0.15) is 0 Å². The molecule has 8 heteroatoms. The lowest BCUT2D eigenvalue weighted by molar-refractivity contribution is 0.00486. The quantitative estimate of drug-likeness (QED) is 0.869. The van der Waals surface area contributed by atoms with Gasteiger partial charge in [0.15, 0.2) is 11.6 Å². The van der Waals surface area contributed by atoms with Gasteiger partial charge >= 0.3 is 0 Å². The molecule has 1 rings (SSSR count). The van der Waals surface area contributed by atoms with Crippen molar-refractivity contribution in [3.63, 3.8) is 0 Å². The van der Waals surface area contributed by atoms with Crippen LogP contribution in [0, 0.1) is 11.6 Å². The molecule has 0 bridgehead atoms. The third kappa shape index (κ3) is 4.39. The topological polar surface area (TPSA) is 78.6 Å². The molecule has 1 aromatic carbocycles. The molecule has 0 aliphatic carbocycles. The highest BCUT2D eigenvalue weighted by molar-refractivity contribution is 7.89. The summed E-state index contributed by atoms with van der Waals surface area (Å²) in [7, 11) is -2.78. The number of hydrogen-bond acceptors (Lipinski definition) is 4. The van der Waals surface area contributed by atoms with Crippen LogP contribution in [0.2, 0.25) is 0 Å². The Kier molecular flexibility index (Phi) is 5.06. The Morgan fingerprint density at radius 3 is 2.40 bits per heavy atom. The van der Waals surface area contributed by atoms with Gasteiger partial charge in [0.05, 0.1) is 12.2 Å². The fraction of sp³-hybridized carbons (Fsp3) is 0.500. The minimum Gasteiger partial charge on any atom is -0.489 e. The van der Waals surface area contributed by atoms with Gasteiger partial charge in [0.2, 0.25) is 10.0 Å². The summed E-state index contributed by atoms with van der Waals surface area (Å²) in [5.74, 6) is -2.75. The van der Waals surface area contributed by atoms with Gasteiger partial charge in [0.1, 0.15) is 10.7 Å². The number of nitrogens with two attached hydrogens (primary N) is 1. The van der Waals surface area contributed by atoms with Crippen LogP contribution < -0.4 is 9.88 Å². The summed E-state index contributed by atoms with van der Waals surface area (Å²) in [5.41, 5.74) is -0.516. The molecule has 0 aliphatic heterocycles. The normalized spacial score (nSPS) is 12.5. The average molecular weight is 309 g/mol. The van der Waals surface area contributed by atoms with Gasteiger partial charge in [0, 0.05) is 19.6 Å². The molecule has 0 spiro atoms. The third-order valence-corrected chi connectivity index (χ3v) is 3.70. The highest BCUT2D eigenvalue weighted by atomic mass is 32.2. The van der Waals surface area contributed by atoms with Crippen LogP contribution in [0.15, 0.2) is 17.0 Å².